The van der Waals surface area contributed by atoms with E-state index in [4.69, 9.17) is 0 Å². The van der Waals surface area contributed by atoms with E-state index in [1.807, 2.05) is 54.6 Å². The fraction of sp³-hybridized carbons (Fsp3) is 0.348. The third kappa shape index (κ3) is 4.16. The second-order valence-electron chi connectivity index (χ2n) is 7.60. The van der Waals surface area contributed by atoms with E-state index in [-0.39, 0.29) is 23.7 Å². The number of nitrogens with zero attached hydrogens (tertiary/aromatic N) is 1. The molecule has 2 atom stereocenters. The van der Waals surface area contributed by atoms with Gasteiger partial charge in [0.25, 0.3) is 0 Å². The Balaban J connectivity index is 1.41. The monoisotopic (exact) mass is 360 g/mol. The molecule has 0 saturated heterocycles. The fourth-order valence-corrected chi connectivity index (χ4v) is 4.31. The summed E-state index contributed by atoms with van der Waals surface area (Å²) < 4.78 is 0. The van der Waals surface area contributed by atoms with E-state index in [9.17, 15) is 9.59 Å². The quantitative estimate of drug-likeness (QED) is 0.868. The lowest BCUT2D eigenvalue weighted by Crippen LogP contribution is -2.40. The Morgan fingerprint density at radius 3 is 2.59 bits per heavy atom. The number of ketones is 1. The van der Waals surface area contributed by atoms with Crippen molar-refractivity contribution in [2.24, 2.45) is 17.8 Å². The van der Waals surface area contributed by atoms with Gasteiger partial charge >= 0.3 is 0 Å². The molecule has 2 saturated carbocycles. The number of fused-ring (bicyclic) bond motifs is 2. The number of benzene rings is 1. The minimum atomic E-state index is -0.0503. The summed E-state index contributed by atoms with van der Waals surface area (Å²) in [6.07, 6.45) is 10.2. The molecule has 2 aliphatic rings. The molecule has 27 heavy (non-hydrogen) atoms. The molecule has 138 valence electrons. The number of anilines is 1. The highest BCUT2D eigenvalue weighted by Gasteiger charge is 2.41. The first-order chi connectivity index (χ1) is 13.2. The van der Waals surface area contributed by atoms with Crippen molar-refractivity contribution in [2.75, 3.05) is 5.32 Å². The summed E-state index contributed by atoms with van der Waals surface area (Å²) in [7, 11) is 0. The number of hydrogen-bond donors (Lipinski definition) is 1. The van der Waals surface area contributed by atoms with Crippen molar-refractivity contribution < 1.29 is 9.59 Å². The molecule has 1 N–H and O–H groups in total. The van der Waals surface area contributed by atoms with E-state index in [2.05, 4.69) is 10.3 Å². The summed E-state index contributed by atoms with van der Waals surface area (Å²) in [6.45, 7) is 0. The third-order valence-corrected chi connectivity index (χ3v) is 5.71. The van der Waals surface area contributed by atoms with Gasteiger partial charge in [-0.15, -0.1) is 0 Å². The van der Waals surface area contributed by atoms with E-state index in [0.29, 0.717) is 18.6 Å². The number of amides is 1. The number of carbonyl (C=O) groups is 2. The van der Waals surface area contributed by atoms with Gasteiger partial charge in [-0.2, -0.15) is 0 Å². The van der Waals surface area contributed by atoms with Crippen LogP contribution in [0.4, 0.5) is 5.69 Å². The average Bonchev–Trinajstić information content (AvgIpc) is 2.67. The molecule has 0 spiro atoms. The standard InChI is InChI=1S/C23H24N2O2/c26-22-17-6-4-7-18(22)15-19(14-17)23(27)25-21-9-3-5-16(13-21)10-11-20-8-1-2-12-24-20/h1-3,5,8-13,17-19H,4,6-7,14-15H2,(H,25,27)/b11-10+. The molecule has 0 aliphatic heterocycles. The fourth-order valence-electron chi connectivity index (χ4n) is 4.31. The van der Waals surface area contributed by atoms with Crippen LogP contribution in [0.3, 0.4) is 0 Å². The third-order valence-electron chi connectivity index (χ3n) is 5.71. The molecule has 4 nitrogen and oxygen atoms in total. The molecule has 1 amide bonds. The zero-order chi connectivity index (χ0) is 18.6. The van der Waals surface area contributed by atoms with Crippen molar-refractivity contribution in [1.82, 2.24) is 4.98 Å². The topological polar surface area (TPSA) is 59.1 Å². The highest BCUT2D eigenvalue weighted by atomic mass is 16.2. The first kappa shape index (κ1) is 17.7. The SMILES string of the molecule is O=C(Nc1cccc(/C=C/c2ccccn2)c1)C1CC2CCCC(C1)C2=O. The van der Waals surface area contributed by atoms with Crippen molar-refractivity contribution >= 4 is 29.5 Å². The van der Waals surface area contributed by atoms with Gasteiger partial charge in [-0.25, -0.2) is 0 Å². The lowest BCUT2D eigenvalue weighted by atomic mass is 9.67. The number of pyridine rings is 1. The molecule has 2 bridgehead atoms. The van der Waals surface area contributed by atoms with Gasteiger partial charge in [0.2, 0.25) is 5.91 Å². The van der Waals surface area contributed by atoms with Crippen LogP contribution in [0.2, 0.25) is 0 Å². The van der Waals surface area contributed by atoms with Gasteiger partial charge in [0, 0.05) is 29.6 Å². The second kappa shape index (κ2) is 7.87. The van der Waals surface area contributed by atoms with Crippen molar-refractivity contribution in [2.45, 2.75) is 32.1 Å². The molecule has 4 rings (SSSR count). The molecule has 2 aliphatic carbocycles. The maximum absolute atomic E-state index is 12.7. The van der Waals surface area contributed by atoms with Gasteiger partial charge in [0.1, 0.15) is 5.78 Å². The molecule has 2 aromatic rings. The molecule has 2 unspecified atom stereocenters. The summed E-state index contributed by atoms with van der Waals surface area (Å²) >= 11 is 0. The van der Waals surface area contributed by atoms with Crippen LogP contribution in [-0.4, -0.2) is 16.7 Å². The largest absolute Gasteiger partial charge is 0.326 e. The lowest BCUT2D eigenvalue weighted by molar-refractivity contribution is -0.136. The maximum Gasteiger partial charge on any atom is 0.227 e. The minimum Gasteiger partial charge on any atom is -0.326 e. The van der Waals surface area contributed by atoms with E-state index in [0.717, 1.165) is 36.2 Å². The van der Waals surface area contributed by atoms with Gasteiger partial charge in [0.05, 0.1) is 5.69 Å². The van der Waals surface area contributed by atoms with Crippen molar-refractivity contribution in [3.63, 3.8) is 0 Å². The first-order valence-electron chi connectivity index (χ1n) is 9.73. The van der Waals surface area contributed by atoms with Crippen LogP contribution in [0.5, 0.6) is 0 Å². The summed E-state index contributed by atoms with van der Waals surface area (Å²) in [6, 6.07) is 13.6. The summed E-state index contributed by atoms with van der Waals surface area (Å²) in [5.74, 6) is 0.588. The van der Waals surface area contributed by atoms with Crippen LogP contribution in [0, 0.1) is 17.8 Å². The van der Waals surface area contributed by atoms with E-state index in [1.54, 1.807) is 6.20 Å². The van der Waals surface area contributed by atoms with Crippen molar-refractivity contribution in [3.8, 4) is 0 Å². The average molecular weight is 360 g/mol. The molecular formula is C23H24N2O2. The number of rotatable bonds is 4. The Kier molecular flexibility index (Phi) is 5.14. The number of Topliss-reactive ketones (excluding diaryl/α,β-unsaturated/α-hetero) is 1. The van der Waals surface area contributed by atoms with Crippen molar-refractivity contribution in [3.05, 3.63) is 59.9 Å². The molecular weight excluding hydrogens is 336 g/mol. The van der Waals surface area contributed by atoms with Crippen LogP contribution in [-0.2, 0) is 9.59 Å². The molecule has 4 heteroatoms. The van der Waals surface area contributed by atoms with Crippen LogP contribution in [0.15, 0.2) is 48.7 Å². The highest BCUT2D eigenvalue weighted by Crippen LogP contribution is 2.40. The molecule has 1 aromatic heterocycles. The van der Waals surface area contributed by atoms with Crippen molar-refractivity contribution in [1.29, 1.82) is 0 Å². The van der Waals surface area contributed by atoms with Gasteiger partial charge in [-0.3, -0.25) is 14.6 Å². The van der Waals surface area contributed by atoms with E-state index < -0.39 is 0 Å². The zero-order valence-electron chi connectivity index (χ0n) is 15.3. The Morgan fingerprint density at radius 1 is 1.04 bits per heavy atom. The van der Waals surface area contributed by atoms with Crippen LogP contribution in [0.25, 0.3) is 12.2 Å². The van der Waals surface area contributed by atoms with Gasteiger partial charge in [-0.1, -0.05) is 30.7 Å². The van der Waals surface area contributed by atoms with Crippen LogP contribution >= 0.6 is 0 Å². The predicted octanol–water partition coefficient (Wildman–Crippen LogP) is 4.59. The lowest BCUT2D eigenvalue weighted by Gasteiger charge is -2.36. The highest BCUT2D eigenvalue weighted by molar-refractivity contribution is 5.95. The smallest absolute Gasteiger partial charge is 0.227 e. The number of hydrogen-bond acceptors (Lipinski definition) is 3. The van der Waals surface area contributed by atoms with Gasteiger partial charge in [-0.05, 0) is 61.6 Å². The van der Waals surface area contributed by atoms with Crippen LogP contribution < -0.4 is 5.32 Å². The normalized spacial score (nSPS) is 24.7. The molecule has 0 radical (unpaired) electrons. The second-order valence-corrected chi connectivity index (χ2v) is 7.60. The molecule has 1 heterocycles. The van der Waals surface area contributed by atoms with E-state index in [1.165, 1.54) is 0 Å². The Hall–Kier alpha value is -2.75. The van der Waals surface area contributed by atoms with E-state index >= 15 is 0 Å². The summed E-state index contributed by atoms with van der Waals surface area (Å²) in [5.41, 5.74) is 2.70. The molecule has 2 fully saturated rings. The summed E-state index contributed by atoms with van der Waals surface area (Å²) in [5, 5.41) is 3.05. The maximum atomic E-state index is 12.7. The first-order valence-corrected chi connectivity index (χ1v) is 9.73. The Labute approximate surface area is 159 Å². The number of nitrogens with one attached hydrogen (secondary N) is 1. The minimum absolute atomic E-state index is 0.0465. The molecule has 1 aromatic carbocycles. The Bertz CT molecular complexity index is 844. The Morgan fingerprint density at radius 2 is 1.85 bits per heavy atom. The number of carbonyl (C=O) groups excluding carboxylic acids is 2. The predicted molar refractivity (Wildman–Crippen MR) is 107 cm³/mol. The van der Waals surface area contributed by atoms with Crippen LogP contribution in [0.1, 0.15) is 43.4 Å². The van der Waals surface area contributed by atoms with Gasteiger partial charge < -0.3 is 5.32 Å². The van der Waals surface area contributed by atoms with Gasteiger partial charge in [0.15, 0.2) is 0 Å². The number of aromatic nitrogens is 1. The summed E-state index contributed by atoms with van der Waals surface area (Å²) in [4.78, 5) is 29.2. The zero-order valence-corrected chi connectivity index (χ0v) is 15.3.